The molecule has 2 aromatic carbocycles. The predicted octanol–water partition coefficient (Wildman–Crippen LogP) is 3.16. The molecule has 0 unspecified atom stereocenters. The van der Waals surface area contributed by atoms with Crippen molar-refractivity contribution in [2.24, 2.45) is 0 Å². The summed E-state index contributed by atoms with van der Waals surface area (Å²) in [6.45, 7) is -2.54. The lowest BCUT2D eigenvalue weighted by Gasteiger charge is -2.24. The number of nitrogens with one attached hydrogen (secondary N) is 2. The van der Waals surface area contributed by atoms with Crippen LogP contribution in [0.15, 0.2) is 58.1 Å². The van der Waals surface area contributed by atoms with Crippen molar-refractivity contribution in [3.8, 4) is 22.8 Å². The molecule has 2 heterocycles. The highest BCUT2D eigenvalue weighted by molar-refractivity contribution is 6.30. The van der Waals surface area contributed by atoms with Crippen molar-refractivity contribution in [2.75, 3.05) is 0 Å². The Labute approximate surface area is 233 Å². The van der Waals surface area contributed by atoms with E-state index in [1.807, 2.05) is 10.2 Å². The van der Waals surface area contributed by atoms with E-state index in [0.29, 0.717) is 24.7 Å². The second kappa shape index (κ2) is 11.9. The number of ketones is 1. The Kier molecular flexibility index (Phi) is 9.17. The highest BCUT2D eigenvalue weighted by Crippen LogP contribution is 2.30. The molecule has 0 radical (unpaired) electrons. The van der Waals surface area contributed by atoms with E-state index in [9.17, 15) is 40.7 Å². The van der Waals surface area contributed by atoms with Gasteiger partial charge in [-0.25, -0.2) is 19.8 Å². The summed E-state index contributed by atoms with van der Waals surface area (Å²) in [6, 6.07) is 11.7. The molecule has 11 nitrogen and oxygen atoms in total. The second-order valence-corrected chi connectivity index (χ2v) is 9.00. The van der Waals surface area contributed by atoms with Gasteiger partial charge in [0.1, 0.15) is 0 Å². The van der Waals surface area contributed by atoms with Gasteiger partial charge in [-0.15, -0.1) is 0 Å². The Morgan fingerprint density at radius 1 is 0.756 bits per heavy atom. The van der Waals surface area contributed by atoms with Crippen molar-refractivity contribution in [2.45, 2.75) is 31.2 Å². The number of nitrogens with zero attached hydrogens (tertiary/aromatic N) is 4. The molecule has 4 N–H and O–H groups in total. The number of carbonyl (C=O) groups excluding carboxylic acids is 1. The number of carbonyl (C=O) groups is 1. The van der Waals surface area contributed by atoms with Crippen molar-refractivity contribution in [3.63, 3.8) is 0 Å². The minimum atomic E-state index is -5.32. The Balaban J connectivity index is 0.000000226. The first-order valence-electron chi connectivity index (χ1n) is 10.8. The topological polar surface area (TPSA) is 159 Å². The van der Waals surface area contributed by atoms with Crippen LogP contribution in [0.1, 0.15) is 0 Å². The number of Topliss-reactive ketones (excluding diaryl/α,β-unsaturated/α-hetero) is 1. The van der Waals surface area contributed by atoms with Gasteiger partial charge in [0.15, 0.2) is 11.6 Å². The van der Waals surface area contributed by atoms with Crippen LogP contribution in [0.3, 0.4) is 0 Å². The second-order valence-electron chi connectivity index (χ2n) is 8.13. The number of aliphatic hydroxyl groups is 2. The molecular formula is C22H16Cl2F6N6O5. The minimum absolute atomic E-state index is 0.0655. The van der Waals surface area contributed by atoms with Crippen LogP contribution < -0.4 is 11.4 Å². The third-order valence-electron chi connectivity index (χ3n) is 5.17. The molecule has 0 amide bonds. The van der Waals surface area contributed by atoms with Crippen LogP contribution in [0.2, 0.25) is 10.0 Å². The number of hydrogen-bond acceptors (Lipinski definition) is 7. The third kappa shape index (κ3) is 7.63. The summed E-state index contributed by atoms with van der Waals surface area (Å²) < 4.78 is 75.3. The summed E-state index contributed by atoms with van der Waals surface area (Å²) >= 11 is 11.4. The van der Waals surface area contributed by atoms with Crippen LogP contribution in [0.5, 0.6) is 0 Å². The summed E-state index contributed by atoms with van der Waals surface area (Å²) in [4.78, 5) is 33.9. The Morgan fingerprint density at radius 3 is 1.54 bits per heavy atom. The summed E-state index contributed by atoms with van der Waals surface area (Å²) in [7, 11) is 0. The van der Waals surface area contributed by atoms with Gasteiger partial charge in [0.25, 0.3) is 11.6 Å². The van der Waals surface area contributed by atoms with Crippen LogP contribution in [-0.2, 0) is 17.9 Å². The van der Waals surface area contributed by atoms with E-state index in [1.54, 1.807) is 0 Å². The zero-order valence-corrected chi connectivity index (χ0v) is 21.5. The molecule has 2 aromatic heterocycles. The molecule has 0 aliphatic carbocycles. The quantitative estimate of drug-likeness (QED) is 0.188. The molecule has 220 valence electrons. The normalized spacial score (nSPS) is 12.1. The van der Waals surface area contributed by atoms with Gasteiger partial charge in [0.05, 0.1) is 13.1 Å². The number of aromatic amines is 2. The fourth-order valence-electron chi connectivity index (χ4n) is 3.11. The summed E-state index contributed by atoms with van der Waals surface area (Å²) in [6.07, 6.45) is -10.3. The first-order valence-corrected chi connectivity index (χ1v) is 11.6. The number of rotatable bonds is 6. The van der Waals surface area contributed by atoms with Gasteiger partial charge in [-0.3, -0.25) is 13.9 Å². The molecule has 0 saturated heterocycles. The van der Waals surface area contributed by atoms with Crippen molar-refractivity contribution < 1.29 is 41.4 Å². The lowest BCUT2D eigenvalue weighted by molar-refractivity contribution is -0.353. The van der Waals surface area contributed by atoms with E-state index in [1.165, 1.54) is 48.5 Å². The van der Waals surface area contributed by atoms with Crippen LogP contribution in [-0.4, -0.2) is 63.7 Å². The Hall–Kier alpha value is -3.93. The van der Waals surface area contributed by atoms with Crippen molar-refractivity contribution in [1.29, 1.82) is 0 Å². The standard InChI is InChI=1S/C11H9ClF3N3O3.C11H7ClF3N3O2/c12-7-3-1-6(2-4-7)8-16-17-9(19)18(8)5-10(20,21)11(13,14)15;12-7-3-1-6(2-4-7)9-16-17-10(20)18(9)5-8(19)11(13,14)15/h1-4,20-21H,5H2,(H,17,19);1-4H,5H2,(H,17,20). The van der Waals surface area contributed by atoms with Crippen LogP contribution in [0.4, 0.5) is 26.3 Å². The SMILES string of the molecule is O=C(Cn1c(-c2ccc(Cl)cc2)n[nH]c1=O)C(F)(F)F.O=c1[nH]nc(-c2ccc(Cl)cc2)n1CC(O)(O)C(F)(F)F. The monoisotopic (exact) mass is 628 g/mol. The number of H-pyrrole nitrogens is 2. The summed E-state index contributed by atoms with van der Waals surface area (Å²) in [5, 5.41) is 30.1. The molecule has 41 heavy (non-hydrogen) atoms. The number of hydrogen-bond donors (Lipinski definition) is 4. The van der Waals surface area contributed by atoms with E-state index >= 15 is 0 Å². The highest BCUT2D eigenvalue weighted by atomic mass is 35.5. The molecule has 4 rings (SSSR count). The molecule has 0 spiro atoms. The molecule has 0 aliphatic heterocycles. The number of halogens is 8. The lowest BCUT2D eigenvalue weighted by atomic mass is 10.2. The number of benzene rings is 2. The van der Waals surface area contributed by atoms with E-state index in [4.69, 9.17) is 33.4 Å². The molecule has 4 aromatic rings. The van der Waals surface area contributed by atoms with Gasteiger partial charge in [-0.05, 0) is 48.5 Å². The molecule has 0 aliphatic rings. The zero-order chi connectivity index (χ0) is 30.8. The average Bonchev–Trinajstić information content (AvgIpc) is 3.41. The maximum atomic E-state index is 12.5. The zero-order valence-electron chi connectivity index (χ0n) is 20.0. The first kappa shape index (κ1) is 31.6. The molecule has 0 atom stereocenters. The smallest absolute Gasteiger partial charge is 0.357 e. The Morgan fingerprint density at radius 2 is 1.15 bits per heavy atom. The van der Waals surface area contributed by atoms with Gasteiger partial charge >= 0.3 is 23.7 Å². The van der Waals surface area contributed by atoms with Gasteiger partial charge in [0, 0.05) is 21.2 Å². The van der Waals surface area contributed by atoms with Gasteiger partial charge in [0.2, 0.25) is 0 Å². The summed E-state index contributed by atoms with van der Waals surface area (Å²) in [5.74, 6) is -6.32. The lowest BCUT2D eigenvalue weighted by Crippen LogP contribution is -2.50. The van der Waals surface area contributed by atoms with E-state index < -0.39 is 48.4 Å². The van der Waals surface area contributed by atoms with E-state index in [2.05, 4.69) is 10.2 Å². The van der Waals surface area contributed by atoms with Crippen LogP contribution >= 0.6 is 23.2 Å². The highest BCUT2D eigenvalue weighted by Gasteiger charge is 2.53. The van der Waals surface area contributed by atoms with Gasteiger partial charge < -0.3 is 10.2 Å². The molecule has 0 saturated carbocycles. The third-order valence-corrected chi connectivity index (χ3v) is 5.68. The fraction of sp³-hybridized carbons (Fsp3) is 0.227. The fourth-order valence-corrected chi connectivity index (χ4v) is 3.36. The average molecular weight is 629 g/mol. The maximum Gasteiger partial charge on any atom is 0.451 e. The molecular weight excluding hydrogens is 613 g/mol. The first-order chi connectivity index (χ1) is 18.9. The Bertz CT molecular complexity index is 1620. The van der Waals surface area contributed by atoms with Crippen molar-refractivity contribution in [1.82, 2.24) is 29.5 Å². The van der Waals surface area contributed by atoms with Gasteiger partial charge in [-0.1, -0.05) is 23.2 Å². The number of aromatic nitrogens is 6. The molecule has 0 bridgehead atoms. The largest absolute Gasteiger partial charge is 0.451 e. The van der Waals surface area contributed by atoms with E-state index in [0.717, 1.165) is 0 Å². The summed E-state index contributed by atoms with van der Waals surface area (Å²) in [5.41, 5.74) is -1.25. The predicted molar refractivity (Wildman–Crippen MR) is 131 cm³/mol. The maximum absolute atomic E-state index is 12.5. The molecule has 0 fully saturated rings. The van der Waals surface area contributed by atoms with Gasteiger partial charge in [-0.2, -0.15) is 36.5 Å². The van der Waals surface area contributed by atoms with Crippen LogP contribution in [0.25, 0.3) is 22.8 Å². The van der Waals surface area contributed by atoms with Crippen molar-refractivity contribution >= 4 is 29.0 Å². The van der Waals surface area contributed by atoms with Crippen molar-refractivity contribution in [3.05, 3.63) is 79.5 Å². The van der Waals surface area contributed by atoms with E-state index in [-0.39, 0.29) is 17.2 Å². The molecule has 19 heteroatoms. The number of alkyl halides is 6. The minimum Gasteiger partial charge on any atom is -0.357 e. The van der Waals surface area contributed by atoms with Crippen LogP contribution in [0, 0.1) is 0 Å².